The zero-order valence-electron chi connectivity index (χ0n) is 15.1. The average molecular weight is 428 g/mol. The molecule has 8 nitrogen and oxygen atoms in total. The second-order valence-corrected chi connectivity index (χ2v) is 7.18. The number of carboxylic acids is 1. The van der Waals surface area contributed by atoms with Crippen molar-refractivity contribution >= 4 is 57.0 Å². The first kappa shape index (κ1) is 20.2. The van der Waals surface area contributed by atoms with E-state index in [1.807, 2.05) is 17.5 Å². The smallest absolute Gasteiger partial charge is 0.335 e. The first-order valence-electron chi connectivity index (χ1n) is 8.29. The van der Waals surface area contributed by atoms with E-state index in [1.54, 1.807) is 12.1 Å². The summed E-state index contributed by atoms with van der Waals surface area (Å²) in [6.45, 7) is 1.45. The van der Waals surface area contributed by atoms with Gasteiger partial charge in [0.05, 0.1) is 16.9 Å². The number of phenols is 1. The van der Waals surface area contributed by atoms with Crippen molar-refractivity contribution in [3.8, 4) is 17.0 Å². The van der Waals surface area contributed by atoms with Crippen LogP contribution in [0.4, 0.5) is 16.5 Å². The molecule has 1 aromatic heterocycles. The van der Waals surface area contributed by atoms with Gasteiger partial charge in [0, 0.05) is 23.6 Å². The van der Waals surface area contributed by atoms with Gasteiger partial charge in [0.2, 0.25) is 5.91 Å². The number of phenolic OH excluding ortho intramolecular Hbond substituents is 1. The van der Waals surface area contributed by atoms with Crippen molar-refractivity contribution in [3.05, 3.63) is 53.4 Å². The standard InChI is InChI=1S/C19H16N4O4S2/c1-10(24)20-13-5-2-11(3-6-13)15-9-29-19(22-15)23-18(28)21-14-7-4-12(17(26)27)8-16(14)25/h2-9,25H,1H3,(H,20,24)(H,26,27)(H2,21,22,23,28). The van der Waals surface area contributed by atoms with Gasteiger partial charge in [-0.05, 0) is 42.5 Å². The summed E-state index contributed by atoms with van der Waals surface area (Å²) in [7, 11) is 0. The number of carboxylic acid groups (broad SMARTS) is 1. The number of rotatable bonds is 5. The van der Waals surface area contributed by atoms with Gasteiger partial charge >= 0.3 is 5.97 Å². The molecule has 0 aliphatic rings. The molecule has 29 heavy (non-hydrogen) atoms. The largest absolute Gasteiger partial charge is 0.506 e. The van der Waals surface area contributed by atoms with E-state index in [1.165, 1.54) is 30.4 Å². The minimum absolute atomic E-state index is 0.0268. The fourth-order valence-corrected chi connectivity index (χ4v) is 3.41. The topological polar surface area (TPSA) is 124 Å². The normalized spacial score (nSPS) is 10.2. The van der Waals surface area contributed by atoms with Crippen molar-refractivity contribution in [2.24, 2.45) is 0 Å². The lowest BCUT2D eigenvalue weighted by Crippen LogP contribution is -2.19. The first-order valence-corrected chi connectivity index (χ1v) is 9.58. The molecule has 0 spiro atoms. The Morgan fingerprint density at radius 2 is 1.79 bits per heavy atom. The SMILES string of the molecule is CC(=O)Nc1ccc(-c2csc(NC(=S)Nc3ccc(C(=O)O)cc3O)n2)cc1. The minimum atomic E-state index is -1.13. The summed E-state index contributed by atoms with van der Waals surface area (Å²) in [6, 6.07) is 11.2. The Bertz CT molecular complexity index is 1080. The van der Waals surface area contributed by atoms with Crippen LogP contribution in [0.2, 0.25) is 0 Å². The maximum atomic E-state index is 11.1. The second kappa shape index (κ2) is 8.67. The van der Waals surface area contributed by atoms with Crippen molar-refractivity contribution < 1.29 is 19.8 Å². The average Bonchev–Trinajstić information content (AvgIpc) is 3.11. The number of amides is 1. The Morgan fingerprint density at radius 3 is 2.41 bits per heavy atom. The molecule has 0 radical (unpaired) electrons. The number of carbonyl (C=O) groups excluding carboxylic acids is 1. The van der Waals surface area contributed by atoms with Crippen LogP contribution in [0, 0.1) is 0 Å². The number of benzene rings is 2. The number of thiocarbonyl (C=S) groups is 1. The summed E-state index contributed by atoms with van der Waals surface area (Å²) in [6.07, 6.45) is 0. The molecule has 5 N–H and O–H groups in total. The number of hydrogen-bond acceptors (Lipinski definition) is 6. The van der Waals surface area contributed by atoms with Crippen LogP contribution in [0.3, 0.4) is 0 Å². The highest BCUT2D eigenvalue weighted by atomic mass is 32.1. The van der Waals surface area contributed by atoms with E-state index in [2.05, 4.69) is 20.9 Å². The van der Waals surface area contributed by atoms with Crippen LogP contribution in [-0.4, -0.2) is 32.2 Å². The fraction of sp³-hybridized carbons (Fsp3) is 0.0526. The molecule has 148 valence electrons. The Morgan fingerprint density at radius 1 is 1.07 bits per heavy atom. The van der Waals surface area contributed by atoms with Crippen molar-refractivity contribution in [1.29, 1.82) is 0 Å². The monoisotopic (exact) mass is 428 g/mol. The third-order valence-corrected chi connectivity index (χ3v) is 4.68. The van der Waals surface area contributed by atoms with Gasteiger partial charge in [-0.25, -0.2) is 9.78 Å². The van der Waals surface area contributed by atoms with Crippen molar-refractivity contribution in [1.82, 2.24) is 4.98 Å². The van der Waals surface area contributed by atoms with Crippen LogP contribution >= 0.6 is 23.6 Å². The summed E-state index contributed by atoms with van der Waals surface area (Å²) < 4.78 is 0. The Hall–Kier alpha value is -3.50. The zero-order chi connectivity index (χ0) is 21.0. The van der Waals surface area contributed by atoms with Crippen LogP contribution in [0.25, 0.3) is 11.3 Å². The summed E-state index contributed by atoms with van der Waals surface area (Å²) in [5, 5.41) is 29.9. The number of nitrogens with one attached hydrogen (secondary N) is 3. The van der Waals surface area contributed by atoms with Crippen molar-refractivity contribution in [3.63, 3.8) is 0 Å². The van der Waals surface area contributed by atoms with E-state index in [4.69, 9.17) is 17.3 Å². The number of carbonyl (C=O) groups is 2. The van der Waals surface area contributed by atoms with E-state index in [0.29, 0.717) is 10.8 Å². The van der Waals surface area contributed by atoms with E-state index < -0.39 is 5.97 Å². The molecule has 1 heterocycles. The Balaban J connectivity index is 1.64. The first-order chi connectivity index (χ1) is 13.8. The summed E-state index contributed by atoms with van der Waals surface area (Å²) >= 11 is 6.57. The van der Waals surface area contributed by atoms with Gasteiger partial charge in [-0.2, -0.15) is 0 Å². The molecule has 1 amide bonds. The molecular weight excluding hydrogens is 412 g/mol. The molecule has 2 aromatic carbocycles. The molecule has 10 heteroatoms. The van der Waals surface area contributed by atoms with Gasteiger partial charge in [0.15, 0.2) is 10.2 Å². The minimum Gasteiger partial charge on any atom is -0.506 e. The fourth-order valence-electron chi connectivity index (χ4n) is 2.41. The molecule has 0 saturated heterocycles. The lowest BCUT2D eigenvalue weighted by atomic mass is 10.1. The zero-order valence-corrected chi connectivity index (χ0v) is 16.7. The van der Waals surface area contributed by atoms with Gasteiger partial charge in [-0.15, -0.1) is 11.3 Å². The van der Waals surface area contributed by atoms with Crippen LogP contribution in [0.5, 0.6) is 5.75 Å². The highest BCUT2D eigenvalue weighted by Gasteiger charge is 2.10. The number of aromatic carboxylic acids is 1. The number of aromatic nitrogens is 1. The third kappa shape index (κ3) is 5.27. The molecule has 0 saturated carbocycles. The van der Waals surface area contributed by atoms with Crippen LogP contribution in [0.15, 0.2) is 47.8 Å². The van der Waals surface area contributed by atoms with Crippen LogP contribution < -0.4 is 16.0 Å². The lowest BCUT2D eigenvalue weighted by Gasteiger charge is -2.10. The van der Waals surface area contributed by atoms with Gasteiger partial charge in [0.1, 0.15) is 5.75 Å². The predicted molar refractivity (Wildman–Crippen MR) is 117 cm³/mol. The van der Waals surface area contributed by atoms with Crippen molar-refractivity contribution in [2.75, 3.05) is 16.0 Å². The molecule has 0 bridgehead atoms. The van der Waals surface area contributed by atoms with Gasteiger partial charge < -0.3 is 26.2 Å². The number of thiazole rings is 1. The molecule has 0 atom stereocenters. The lowest BCUT2D eigenvalue weighted by molar-refractivity contribution is -0.114. The van der Waals surface area contributed by atoms with Crippen molar-refractivity contribution in [2.45, 2.75) is 6.92 Å². The molecule has 0 aliphatic heterocycles. The number of aromatic hydroxyl groups is 1. The van der Waals surface area contributed by atoms with E-state index in [9.17, 15) is 14.7 Å². The summed E-state index contributed by atoms with van der Waals surface area (Å²) in [5.74, 6) is -1.50. The quantitative estimate of drug-likeness (QED) is 0.305. The maximum absolute atomic E-state index is 11.1. The molecule has 0 fully saturated rings. The van der Waals surface area contributed by atoms with Gasteiger partial charge in [0.25, 0.3) is 0 Å². The predicted octanol–water partition coefficient (Wildman–Crippen LogP) is 3.98. The van der Waals surface area contributed by atoms with Gasteiger partial charge in [-0.1, -0.05) is 12.1 Å². The summed E-state index contributed by atoms with van der Waals surface area (Å²) in [4.78, 5) is 26.5. The number of nitrogens with zero attached hydrogens (tertiary/aromatic N) is 1. The molecule has 0 unspecified atom stereocenters. The van der Waals surface area contributed by atoms with E-state index in [-0.39, 0.29) is 28.0 Å². The molecule has 3 aromatic rings. The van der Waals surface area contributed by atoms with Crippen LogP contribution in [0.1, 0.15) is 17.3 Å². The number of anilines is 3. The Labute approximate surface area is 175 Å². The highest BCUT2D eigenvalue weighted by molar-refractivity contribution is 7.80. The molecular formula is C19H16N4O4S2. The maximum Gasteiger partial charge on any atom is 0.335 e. The summed E-state index contributed by atoms with van der Waals surface area (Å²) in [5.41, 5.74) is 2.57. The molecule has 0 aliphatic carbocycles. The third-order valence-electron chi connectivity index (χ3n) is 3.72. The Kier molecular flexibility index (Phi) is 6.05. The van der Waals surface area contributed by atoms with E-state index >= 15 is 0 Å². The van der Waals surface area contributed by atoms with E-state index in [0.717, 1.165) is 17.3 Å². The second-order valence-electron chi connectivity index (χ2n) is 5.91. The number of hydrogen-bond donors (Lipinski definition) is 5. The molecule has 3 rings (SSSR count). The van der Waals surface area contributed by atoms with Crippen LogP contribution in [-0.2, 0) is 4.79 Å². The highest BCUT2D eigenvalue weighted by Crippen LogP contribution is 2.27. The van der Waals surface area contributed by atoms with Gasteiger partial charge in [-0.3, -0.25) is 4.79 Å².